The smallest absolute Gasteiger partial charge is 0.322 e. The average molecular weight is 334 g/mol. The molecule has 6 heteroatoms. The van der Waals surface area contributed by atoms with Gasteiger partial charge in [0, 0.05) is 13.7 Å². The second kappa shape index (κ2) is 6.99. The standard InChI is InChI=1S/C18H26N2O4/c1-18(2)8-7-13-5-4-6-15(16(13)24-18)19-17(21)20-9-10-23-12-14(20)11-22-3/h4-6,14H,7-12H2,1-3H3,(H,19,21). The summed E-state index contributed by atoms with van der Waals surface area (Å²) in [5, 5.41) is 3.02. The fraction of sp³-hybridized carbons (Fsp3) is 0.611. The van der Waals surface area contributed by atoms with Gasteiger partial charge in [-0.3, -0.25) is 0 Å². The number of nitrogens with zero attached hydrogens (tertiary/aromatic N) is 1. The van der Waals surface area contributed by atoms with E-state index in [1.54, 1.807) is 12.0 Å². The van der Waals surface area contributed by atoms with Crippen molar-refractivity contribution in [1.82, 2.24) is 4.90 Å². The number of rotatable bonds is 3. The third kappa shape index (κ3) is 3.65. The molecule has 24 heavy (non-hydrogen) atoms. The number of carbonyl (C=O) groups excluding carboxylic acids is 1. The van der Waals surface area contributed by atoms with Gasteiger partial charge in [0.05, 0.1) is 31.5 Å². The zero-order valence-electron chi connectivity index (χ0n) is 14.6. The molecule has 1 unspecified atom stereocenters. The number of carbonyl (C=O) groups is 1. The van der Waals surface area contributed by atoms with Crippen molar-refractivity contribution in [2.75, 3.05) is 38.8 Å². The zero-order valence-corrected chi connectivity index (χ0v) is 14.6. The number of aryl methyl sites for hydroxylation is 1. The Morgan fingerprint density at radius 2 is 2.29 bits per heavy atom. The maximum Gasteiger partial charge on any atom is 0.322 e. The van der Waals surface area contributed by atoms with Gasteiger partial charge in [0.25, 0.3) is 0 Å². The first-order valence-electron chi connectivity index (χ1n) is 8.45. The van der Waals surface area contributed by atoms with Crippen LogP contribution in [0.3, 0.4) is 0 Å². The van der Waals surface area contributed by atoms with Crippen LogP contribution in [0.4, 0.5) is 10.5 Å². The Hall–Kier alpha value is -1.79. The van der Waals surface area contributed by atoms with Crippen LogP contribution in [0.5, 0.6) is 5.75 Å². The Morgan fingerprint density at radius 3 is 3.08 bits per heavy atom. The molecule has 0 saturated carbocycles. The number of morpholine rings is 1. The molecule has 2 aliphatic heterocycles. The molecule has 1 aromatic rings. The maximum atomic E-state index is 12.7. The summed E-state index contributed by atoms with van der Waals surface area (Å²) in [4.78, 5) is 14.5. The Kier molecular flexibility index (Phi) is 4.96. The third-order valence-corrected chi connectivity index (χ3v) is 4.56. The molecular formula is C18H26N2O4. The van der Waals surface area contributed by atoms with E-state index in [9.17, 15) is 4.79 Å². The molecule has 0 aromatic heterocycles. The lowest BCUT2D eigenvalue weighted by Gasteiger charge is -2.36. The predicted molar refractivity (Wildman–Crippen MR) is 91.7 cm³/mol. The first-order valence-corrected chi connectivity index (χ1v) is 8.45. The van der Waals surface area contributed by atoms with Gasteiger partial charge >= 0.3 is 6.03 Å². The summed E-state index contributed by atoms with van der Waals surface area (Å²) >= 11 is 0. The van der Waals surface area contributed by atoms with E-state index in [-0.39, 0.29) is 17.7 Å². The van der Waals surface area contributed by atoms with Gasteiger partial charge in [-0.2, -0.15) is 0 Å². The van der Waals surface area contributed by atoms with Crippen LogP contribution in [0.2, 0.25) is 0 Å². The van der Waals surface area contributed by atoms with E-state index >= 15 is 0 Å². The van der Waals surface area contributed by atoms with Crippen LogP contribution in [-0.2, 0) is 15.9 Å². The van der Waals surface area contributed by atoms with Crippen LogP contribution in [-0.4, -0.2) is 56.0 Å². The van der Waals surface area contributed by atoms with E-state index in [2.05, 4.69) is 25.2 Å². The Morgan fingerprint density at radius 1 is 1.46 bits per heavy atom. The van der Waals surface area contributed by atoms with Crippen molar-refractivity contribution in [3.05, 3.63) is 23.8 Å². The number of methoxy groups -OCH3 is 1. The Balaban J connectivity index is 1.77. The van der Waals surface area contributed by atoms with Crippen molar-refractivity contribution >= 4 is 11.7 Å². The Labute approximate surface area is 143 Å². The van der Waals surface area contributed by atoms with E-state index in [0.717, 1.165) is 29.8 Å². The lowest BCUT2D eigenvalue weighted by atomic mass is 9.94. The topological polar surface area (TPSA) is 60.0 Å². The number of benzene rings is 1. The summed E-state index contributed by atoms with van der Waals surface area (Å²) < 4.78 is 16.8. The molecule has 132 valence electrons. The molecule has 2 aliphatic rings. The molecule has 3 rings (SSSR count). The highest BCUT2D eigenvalue weighted by molar-refractivity contribution is 5.91. The number of ether oxygens (including phenoxy) is 3. The summed E-state index contributed by atoms with van der Waals surface area (Å²) in [6, 6.07) is 5.70. The fourth-order valence-electron chi connectivity index (χ4n) is 3.20. The molecule has 2 amide bonds. The number of para-hydroxylation sites is 1. The maximum absolute atomic E-state index is 12.7. The molecule has 0 aliphatic carbocycles. The van der Waals surface area contributed by atoms with Crippen LogP contribution in [0.15, 0.2) is 18.2 Å². The fourth-order valence-corrected chi connectivity index (χ4v) is 3.20. The van der Waals surface area contributed by atoms with E-state index in [1.807, 2.05) is 12.1 Å². The summed E-state index contributed by atoms with van der Waals surface area (Å²) in [6.45, 7) is 6.21. The molecule has 1 aromatic carbocycles. The second-order valence-corrected chi connectivity index (χ2v) is 6.96. The number of urea groups is 1. The van der Waals surface area contributed by atoms with Crippen LogP contribution in [0, 0.1) is 0 Å². The van der Waals surface area contributed by atoms with Gasteiger partial charge < -0.3 is 24.4 Å². The zero-order chi connectivity index (χ0) is 17.2. The van der Waals surface area contributed by atoms with Crippen LogP contribution in [0.25, 0.3) is 0 Å². The van der Waals surface area contributed by atoms with Gasteiger partial charge in [-0.1, -0.05) is 12.1 Å². The molecule has 1 N–H and O–H groups in total. The minimum atomic E-state index is -0.217. The van der Waals surface area contributed by atoms with Crippen molar-refractivity contribution in [3.63, 3.8) is 0 Å². The summed E-state index contributed by atoms with van der Waals surface area (Å²) in [7, 11) is 1.63. The minimum Gasteiger partial charge on any atom is -0.485 e. The van der Waals surface area contributed by atoms with E-state index < -0.39 is 0 Å². The van der Waals surface area contributed by atoms with Gasteiger partial charge in [-0.15, -0.1) is 0 Å². The molecule has 1 fully saturated rings. The predicted octanol–water partition coefficient (Wildman–Crippen LogP) is 2.67. The van der Waals surface area contributed by atoms with Gasteiger partial charge in [0.15, 0.2) is 0 Å². The monoisotopic (exact) mass is 334 g/mol. The van der Waals surface area contributed by atoms with Crippen LogP contribution in [0.1, 0.15) is 25.8 Å². The number of hydrogen-bond acceptors (Lipinski definition) is 4. The van der Waals surface area contributed by atoms with Crippen molar-refractivity contribution in [1.29, 1.82) is 0 Å². The van der Waals surface area contributed by atoms with Gasteiger partial charge in [0.2, 0.25) is 0 Å². The molecule has 6 nitrogen and oxygen atoms in total. The summed E-state index contributed by atoms with van der Waals surface area (Å²) in [5.74, 6) is 0.790. The molecule has 1 atom stereocenters. The summed E-state index contributed by atoms with van der Waals surface area (Å²) in [6.07, 6.45) is 1.92. The normalized spacial score (nSPS) is 22.5. The molecule has 0 radical (unpaired) electrons. The van der Waals surface area contributed by atoms with Crippen LogP contribution >= 0.6 is 0 Å². The largest absolute Gasteiger partial charge is 0.485 e. The highest BCUT2D eigenvalue weighted by Gasteiger charge is 2.31. The Bertz CT molecular complexity index is 601. The van der Waals surface area contributed by atoms with Crippen molar-refractivity contribution in [3.8, 4) is 5.75 Å². The molecule has 0 bridgehead atoms. The highest BCUT2D eigenvalue weighted by atomic mass is 16.5. The first-order chi connectivity index (χ1) is 11.5. The molecular weight excluding hydrogens is 308 g/mol. The number of hydrogen-bond donors (Lipinski definition) is 1. The molecule has 2 heterocycles. The lowest BCUT2D eigenvalue weighted by molar-refractivity contribution is -0.0133. The third-order valence-electron chi connectivity index (χ3n) is 4.56. The lowest BCUT2D eigenvalue weighted by Crippen LogP contribution is -2.52. The van der Waals surface area contributed by atoms with Gasteiger partial charge in [0.1, 0.15) is 11.4 Å². The number of amides is 2. The average Bonchev–Trinajstić information content (AvgIpc) is 2.55. The number of anilines is 1. The summed E-state index contributed by atoms with van der Waals surface area (Å²) in [5.41, 5.74) is 1.65. The number of fused-ring (bicyclic) bond motifs is 1. The highest BCUT2D eigenvalue weighted by Crippen LogP contribution is 2.38. The van der Waals surface area contributed by atoms with Crippen molar-refractivity contribution < 1.29 is 19.0 Å². The minimum absolute atomic E-state index is 0.0688. The SMILES string of the molecule is COCC1COCCN1C(=O)Nc1cccc2c1OC(C)(C)CC2. The van der Waals surface area contributed by atoms with E-state index in [0.29, 0.717) is 26.4 Å². The molecule has 0 spiro atoms. The second-order valence-electron chi connectivity index (χ2n) is 6.96. The van der Waals surface area contributed by atoms with E-state index in [4.69, 9.17) is 14.2 Å². The van der Waals surface area contributed by atoms with Gasteiger partial charge in [-0.05, 0) is 38.3 Å². The van der Waals surface area contributed by atoms with Crippen LogP contribution < -0.4 is 10.1 Å². The quantitative estimate of drug-likeness (QED) is 0.923. The van der Waals surface area contributed by atoms with E-state index in [1.165, 1.54) is 0 Å². The van der Waals surface area contributed by atoms with Crippen molar-refractivity contribution in [2.45, 2.75) is 38.3 Å². The van der Waals surface area contributed by atoms with Crippen molar-refractivity contribution in [2.24, 2.45) is 0 Å². The van der Waals surface area contributed by atoms with Gasteiger partial charge in [-0.25, -0.2) is 4.79 Å². The first kappa shape index (κ1) is 17.0. The molecule has 1 saturated heterocycles. The number of nitrogens with one attached hydrogen (secondary N) is 1.